The third-order valence-corrected chi connectivity index (χ3v) is 5.71. The summed E-state index contributed by atoms with van der Waals surface area (Å²) >= 11 is 0. The van der Waals surface area contributed by atoms with Crippen LogP contribution in [0.15, 0.2) is 59.7 Å². The van der Waals surface area contributed by atoms with Crippen LogP contribution in [-0.2, 0) is 6.42 Å². The van der Waals surface area contributed by atoms with Gasteiger partial charge in [-0.25, -0.2) is 8.78 Å². The lowest BCUT2D eigenvalue weighted by Crippen LogP contribution is -2.19. The van der Waals surface area contributed by atoms with Gasteiger partial charge in [-0.15, -0.1) is 0 Å². The molecular formula is C24H25F2N. The molecule has 1 nitrogen and oxygen atoms in total. The molecule has 0 unspecified atom stereocenters. The summed E-state index contributed by atoms with van der Waals surface area (Å²) in [6.45, 7) is 2.08. The smallest absolute Gasteiger partial charge is 0.251 e. The molecule has 0 saturated heterocycles. The highest BCUT2D eigenvalue weighted by molar-refractivity contribution is 5.87. The second-order valence-electron chi connectivity index (χ2n) is 7.78. The van der Waals surface area contributed by atoms with Crippen LogP contribution in [0.2, 0.25) is 0 Å². The van der Waals surface area contributed by atoms with E-state index in [-0.39, 0.29) is 12.8 Å². The summed E-state index contributed by atoms with van der Waals surface area (Å²) in [7, 11) is 0. The second-order valence-corrected chi connectivity index (χ2v) is 7.78. The maximum Gasteiger partial charge on any atom is 0.251 e. The fourth-order valence-corrected chi connectivity index (χ4v) is 4.25. The summed E-state index contributed by atoms with van der Waals surface area (Å²) < 4.78 is 27.4. The molecule has 0 radical (unpaired) electrons. The normalized spacial score (nSPS) is 19.3. The zero-order valence-electron chi connectivity index (χ0n) is 15.7. The van der Waals surface area contributed by atoms with Crippen molar-refractivity contribution >= 4 is 11.3 Å². The first-order valence-electron chi connectivity index (χ1n) is 9.69. The Morgan fingerprint density at radius 2 is 1.74 bits per heavy atom. The number of aryl methyl sites for hydroxylation is 2. The Morgan fingerprint density at radius 3 is 2.44 bits per heavy atom. The minimum Gasteiger partial charge on any atom is -0.399 e. The van der Waals surface area contributed by atoms with Crippen molar-refractivity contribution in [3.63, 3.8) is 0 Å². The number of halogens is 2. The largest absolute Gasteiger partial charge is 0.399 e. The summed E-state index contributed by atoms with van der Waals surface area (Å²) in [5, 5.41) is 0. The molecule has 0 atom stereocenters. The number of hydrogen-bond donors (Lipinski definition) is 1. The number of hydrogen-bond acceptors (Lipinski definition) is 1. The van der Waals surface area contributed by atoms with Gasteiger partial charge < -0.3 is 5.73 Å². The number of anilines is 1. The first-order chi connectivity index (χ1) is 12.9. The molecule has 2 N–H and O–H groups in total. The maximum atomic E-state index is 13.7. The van der Waals surface area contributed by atoms with Crippen molar-refractivity contribution in [2.24, 2.45) is 0 Å². The highest BCUT2D eigenvalue weighted by Crippen LogP contribution is 2.43. The number of nitrogens with two attached hydrogens (primary N) is 1. The van der Waals surface area contributed by atoms with Crippen LogP contribution in [0.25, 0.3) is 5.57 Å². The minimum absolute atomic E-state index is 0.0574. The molecule has 4 rings (SSSR count). The Kier molecular flexibility index (Phi) is 4.63. The highest BCUT2D eigenvalue weighted by atomic mass is 19.3. The first-order valence-corrected chi connectivity index (χ1v) is 9.69. The van der Waals surface area contributed by atoms with Gasteiger partial charge in [0.2, 0.25) is 0 Å². The van der Waals surface area contributed by atoms with E-state index in [1.165, 1.54) is 27.8 Å². The molecule has 0 aromatic heterocycles. The molecule has 140 valence electrons. The number of rotatable bonds is 2. The van der Waals surface area contributed by atoms with Crippen molar-refractivity contribution in [3.05, 3.63) is 81.9 Å². The van der Waals surface area contributed by atoms with Gasteiger partial charge in [-0.2, -0.15) is 0 Å². The molecule has 3 heteroatoms. The van der Waals surface area contributed by atoms with Crippen molar-refractivity contribution in [1.82, 2.24) is 0 Å². The summed E-state index contributed by atoms with van der Waals surface area (Å²) in [4.78, 5) is 0. The third-order valence-electron chi connectivity index (χ3n) is 5.71. The molecule has 0 bridgehead atoms. The number of alkyl halides is 2. The van der Waals surface area contributed by atoms with Gasteiger partial charge in [0.05, 0.1) is 0 Å². The lowest BCUT2D eigenvalue weighted by atomic mass is 9.83. The summed E-state index contributed by atoms with van der Waals surface area (Å²) in [6.07, 6.45) is 4.89. The van der Waals surface area contributed by atoms with Gasteiger partial charge in [-0.3, -0.25) is 0 Å². The van der Waals surface area contributed by atoms with Crippen molar-refractivity contribution < 1.29 is 8.78 Å². The van der Waals surface area contributed by atoms with Crippen molar-refractivity contribution in [1.29, 1.82) is 0 Å². The predicted molar refractivity (Wildman–Crippen MR) is 108 cm³/mol. The fourth-order valence-electron chi connectivity index (χ4n) is 4.25. The van der Waals surface area contributed by atoms with Crippen LogP contribution in [0, 0.1) is 6.92 Å². The maximum absolute atomic E-state index is 13.7. The molecule has 2 aromatic rings. The van der Waals surface area contributed by atoms with Gasteiger partial charge in [0.1, 0.15) is 0 Å². The lowest BCUT2D eigenvalue weighted by molar-refractivity contribution is -0.00837. The Morgan fingerprint density at radius 1 is 0.963 bits per heavy atom. The van der Waals surface area contributed by atoms with E-state index in [9.17, 15) is 8.78 Å². The van der Waals surface area contributed by atoms with E-state index in [0.29, 0.717) is 6.42 Å². The van der Waals surface area contributed by atoms with Crippen LogP contribution >= 0.6 is 0 Å². The molecule has 27 heavy (non-hydrogen) atoms. The molecule has 0 saturated carbocycles. The topological polar surface area (TPSA) is 26.0 Å². The summed E-state index contributed by atoms with van der Waals surface area (Å²) in [6, 6.07) is 14.6. The molecule has 2 aromatic carbocycles. The van der Waals surface area contributed by atoms with Crippen LogP contribution in [0.5, 0.6) is 0 Å². The van der Waals surface area contributed by atoms with E-state index in [1.807, 2.05) is 6.07 Å². The van der Waals surface area contributed by atoms with Gasteiger partial charge in [-0.1, -0.05) is 42.0 Å². The van der Waals surface area contributed by atoms with Crippen molar-refractivity contribution in [3.8, 4) is 0 Å². The molecule has 2 aliphatic rings. The Balaban J connectivity index is 1.91. The Bertz CT molecular complexity index is 920. The first kappa shape index (κ1) is 18.0. The van der Waals surface area contributed by atoms with E-state index in [0.717, 1.165) is 36.1 Å². The number of benzene rings is 2. The molecule has 0 amide bonds. The van der Waals surface area contributed by atoms with E-state index >= 15 is 0 Å². The molecular weight excluding hydrogens is 340 g/mol. The van der Waals surface area contributed by atoms with Crippen LogP contribution < -0.4 is 5.73 Å². The zero-order chi connectivity index (χ0) is 19.0. The third kappa shape index (κ3) is 3.69. The van der Waals surface area contributed by atoms with Crippen LogP contribution in [0.4, 0.5) is 14.5 Å². The summed E-state index contributed by atoms with van der Waals surface area (Å²) in [5.41, 5.74) is 15.1. The fraction of sp³-hybridized carbons (Fsp3) is 0.333. The van der Waals surface area contributed by atoms with E-state index in [4.69, 9.17) is 5.73 Å². The zero-order valence-corrected chi connectivity index (χ0v) is 15.7. The van der Waals surface area contributed by atoms with Gasteiger partial charge >= 0.3 is 0 Å². The molecule has 2 aliphatic carbocycles. The average molecular weight is 365 g/mol. The highest BCUT2D eigenvalue weighted by Gasteiger charge is 2.32. The number of nitrogen functional groups attached to an aromatic ring is 1. The minimum atomic E-state index is -2.56. The van der Waals surface area contributed by atoms with E-state index in [1.54, 1.807) is 6.08 Å². The second kappa shape index (κ2) is 6.95. The Labute approximate surface area is 159 Å². The molecule has 0 aliphatic heterocycles. The van der Waals surface area contributed by atoms with Gasteiger partial charge in [0.15, 0.2) is 0 Å². The molecule has 0 heterocycles. The Hall–Kier alpha value is -2.42. The van der Waals surface area contributed by atoms with Crippen LogP contribution in [-0.4, -0.2) is 5.92 Å². The monoisotopic (exact) mass is 365 g/mol. The standard InChI is InChI=1S/C24H25F2N/c1-16-5-7-18(8-6-16)23-21(17-11-13-24(25,26)14-12-17)4-2-3-19-15-20(27)9-10-22(19)23/h5-11,15H,2-4,12-14,27H2,1H3. The van der Waals surface area contributed by atoms with E-state index in [2.05, 4.69) is 43.3 Å². The summed E-state index contributed by atoms with van der Waals surface area (Å²) in [5.74, 6) is -2.56. The van der Waals surface area contributed by atoms with Crippen LogP contribution in [0.1, 0.15) is 54.4 Å². The number of fused-ring (bicyclic) bond motifs is 1. The number of allylic oxidation sites excluding steroid dienone is 3. The average Bonchev–Trinajstić information content (AvgIpc) is 2.81. The SMILES string of the molecule is Cc1ccc(C2=C(C3=CCC(F)(F)CC3)CCCc3cc(N)ccc32)cc1. The van der Waals surface area contributed by atoms with Crippen molar-refractivity contribution in [2.45, 2.75) is 51.4 Å². The van der Waals surface area contributed by atoms with E-state index < -0.39 is 5.92 Å². The predicted octanol–water partition coefficient (Wildman–Crippen LogP) is 6.46. The van der Waals surface area contributed by atoms with Crippen molar-refractivity contribution in [2.75, 3.05) is 5.73 Å². The van der Waals surface area contributed by atoms with Gasteiger partial charge in [0.25, 0.3) is 5.92 Å². The quantitative estimate of drug-likeness (QED) is 0.607. The molecule has 0 spiro atoms. The molecule has 0 fully saturated rings. The van der Waals surface area contributed by atoms with Gasteiger partial charge in [0, 0.05) is 18.5 Å². The lowest BCUT2D eigenvalue weighted by Gasteiger charge is -2.25. The van der Waals surface area contributed by atoms with Crippen LogP contribution in [0.3, 0.4) is 0 Å². The van der Waals surface area contributed by atoms with Gasteiger partial charge in [-0.05, 0) is 78.1 Å².